The van der Waals surface area contributed by atoms with Gasteiger partial charge < -0.3 is 9.84 Å². The van der Waals surface area contributed by atoms with Gasteiger partial charge in [0, 0.05) is 12.1 Å². The highest BCUT2D eigenvalue weighted by Crippen LogP contribution is 2.21. The number of aromatic amines is 1. The number of carboxylic acids is 1. The Hall–Kier alpha value is -3.09. The fourth-order valence-electron chi connectivity index (χ4n) is 2.15. The van der Waals surface area contributed by atoms with Crippen molar-refractivity contribution in [2.45, 2.75) is 6.92 Å². The zero-order chi connectivity index (χ0) is 15.7. The highest BCUT2D eigenvalue weighted by atomic mass is 16.5. The number of ether oxygens (including phenoxy) is 1. The summed E-state index contributed by atoms with van der Waals surface area (Å²) in [5, 5.41) is 11.8. The standard InChI is InChI=1S/C15H13N3O4/c1-2-22-10-5-3-9(4-6-10)11-7-13-16-12(15(20)21)8-14(19)18(13)17-11/h3-8,17H,2H2,1H3,(H,20,21). The molecule has 0 aliphatic carbocycles. The van der Waals surface area contributed by atoms with Crippen LogP contribution in [0, 0.1) is 0 Å². The quantitative estimate of drug-likeness (QED) is 0.765. The average Bonchev–Trinajstić information content (AvgIpc) is 2.93. The van der Waals surface area contributed by atoms with Crippen molar-refractivity contribution < 1.29 is 14.6 Å². The van der Waals surface area contributed by atoms with Crippen LogP contribution in [0.25, 0.3) is 16.9 Å². The van der Waals surface area contributed by atoms with Crippen molar-refractivity contribution in [3.8, 4) is 17.0 Å². The Morgan fingerprint density at radius 2 is 2.05 bits per heavy atom. The van der Waals surface area contributed by atoms with Crippen LogP contribution < -0.4 is 10.3 Å². The van der Waals surface area contributed by atoms with Gasteiger partial charge in [-0.2, -0.15) is 0 Å². The second-order valence-electron chi connectivity index (χ2n) is 4.61. The van der Waals surface area contributed by atoms with Crippen LogP contribution in [0.1, 0.15) is 17.4 Å². The van der Waals surface area contributed by atoms with Crippen molar-refractivity contribution in [1.29, 1.82) is 0 Å². The Kier molecular flexibility index (Phi) is 3.38. The molecule has 0 spiro atoms. The number of fused-ring (bicyclic) bond motifs is 1. The van der Waals surface area contributed by atoms with E-state index >= 15 is 0 Å². The number of nitrogens with one attached hydrogen (secondary N) is 1. The minimum absolute atomic E-state index is 0.258. The van der Waals surface area contributed by atoms with Crippen LogP contribution in [-0.2, 0) is 0 Å². The molecule has 22 heavy (non-hydrogen) atoms. The van der Waals surface area contributed by atoms with Gasteiger partial charge in [-0.3, -0.25) is 9.89 Å². The third-order valence-corrected chi connectivity index (χ3v) is 3.15. The van der Waals surface area contributed by atoms with Crippen molar-refractivity contribution in [3.05, 3.63) is 52.4 Å². The Bertz CT molecular complexity index is 893. The summed E-state index contributed by atoms with van der Waals surface area (Å²) in [5.74, 6) is -0.478. The van der Waals surface area contributed by atoms with Crippen LogP contribution >= 0.6 is 0 Å². The number of hydrogen-bond donors (Lipinski definition) is 2. The molecule has 0 aliphatic rings. The minimum Gasteiger partial charge on any atom is -0.494 e. The van der Waals surface area contributed by atoms with Gasteiger partial charge in [0.05, 0.1) is 12.3 Å². The van der Waals surface area contributed by atoms with Gasteiger partial charge in [-0.15, -0.1) is 0 Å². The van der Waals surface area contributed by atoms with Crippen LogP contribution in [0.5, 0.6) is 5.75 Å². The van der Waals surface area contributed by atoms with Crippen LogP contribution in [0.2, 0.25) is 0 Å². The first-order chi connectivity index (χ1) is 10.6. The highest BCUT2D eigenvalue weighted by Gasteiger charge is 2.11. The largest absolute Gasteiger partial charge is 0.494 e. The van der Waals surface area contributed by atoms with E-state index < -0.39 is 11.5 Å². The number of carbonyl (C=O) groups is 1. The zero-order valence-corrected chi connectivity index (χ0v) is 11.7. The SMILES string of the molecule is CCOc1ccc(-c2cc3nc(C(=O)O)cc(=O)n3[nH]2)cc1. The van der Waals surface area contributed by atoms with Crippen LogP contribution in [-0.4, -0.2) is 32.3 Å². The summed E-state index contributed by atoms with van der Waals surface area (Å²) in [7, 11) is 0. The van der Waals surface area contributed by atoms with E-state index in [9.17, 15) is 9.59 Å². The van der Waals surface area contributed by atoms with Gasteiger partial charge in [-0.05, 0) is 36.8 Å². The molecule has 0 aliphatic heterocycles. The summed E-state index contributed by atoms with van der Waals surface area (Å²) < 4.78 is 6.58. The molecular formula is C15H13N3O4. The van der Waals surface area contributed by atoms with E-state index in [2.05, 4.69) is 10.1 Å². The van der Waals surface area contributed by atoms with E-state index in [0.717, 1.165) is 17.4 Å². The van der Waals surface area contributed by atoms with Gasteiger partial charge in [-0.1, -0.05) is 0 Å². The Morgan fingerprint density at radius 3 is 2.68 bits per heavy atom. The number of carboxylic acid groups (broad SMARTS) is 1. The fourth-order valence-corrected chi connectivity index (χ4v) is 2.15. The topological polar surface area (TPSA) is 96.7 Å². The number of H-pyrrole nitrogens is 1. The normalized spacial score (nSPS) is 10.8. The molecule has 2 N–H and O–H groups in total. The molecule has 0 atom stereocenters. The Balaban J connectivity index is 2.06. The number of aromatic carboxylic acids is 1. The first-order valence-electron chi connectivity index (χ1n) is 6.68. The lowest BCUT2D eigenvalue weighted by atomic mass is 10.1. The summed E-state index contributed by atoms with van der Waals surface area (Å²) in [6, 6.07) is 9.95. The maximum Gasteiger partial charge on any atom is 0.354 e. The molecule has 3 rings (SSSR count). The monoisotopic (exact) mass is 299 g/mol. The first-order valence-corrected chi connectivity index (χ1v) is 6.68. The van der Waals surface area contributed by atoms with E-state index in [0.29, 0.717) is 12.3 Å². The van der Waals surface area contributed by atoms with E-state index in [1.165, 1.54) is 4.52 Å². The Labute approximate surface area is 124 Å². The minimum atomic E-state index is -1.23. The summed E-state index contributed by atoms with van der Waals surface area (Å²) >= 11 is 0. The van der Waals surface area contributed by atoms with E-state index in [1.807, 2.05) is 31.2 Å². The van der Waals surface area contributed by atoms with E-state index in [-0.39, 0.29) is 11.3 Å². The van der Waals surface area contributed by atoms with Crippen molar-refractivity contribution >= 4 is 11.6 Å². The molecule has 7 heteroatoms. The molecule has 7 nitrogen and oxygen atoms in total. The smallest absolute Gasteiger partial charge is 0.354 e. The molecule has 2 heterocycles. The van der Waals surface area contributed by atoms with Crippen LogP contribution in [0.4, 0.5) is 0 Å². The molecule has 3 aromatic rings. The second-order valence-corrected chi connectivity index (χ2v) is 4.61. The summed E-state index contributed by atoms with van der Waals surface area (Å²) in [4.78, 5) is 26.8. The molecular weight excluding hydrogens is 286 g/mol. The molecule has 0 radical (unpaired) electrons. The molecule has 1 aromatic carbocycles. The van der Waals surface area contributed by atoms with Crippen LogP contribution in [0.15, 0.2) is 41.2 Å². The maximum atomic E-state index is 11.9. The molecule has 0 saturated heterocycles. The predicted molar refractivity (Wildman–Crippen MR) is 79.4 cm³/mol. The third-order valence-electron chi connectivity index (χ3n) is 3.15. The van der Waals surface area contributed by atoms with Crippen LogP contribution in [0.3, 0.4) is 0 Å². The fraction of sp³-hybridized carbons (Fsp3) is 0.133. The molecule has 2 aromatic heterocycles. The highest BCUT2D eigenvalue weighted by molar-refractivity contribution is 5.85. The van der Waals surface area contributed by atoms with E-state index in [1.54, 1.807) is 6.07 Å². The van der Waals surface area contributed by atoms with Crippen molar-refractivity contribution in [3.63, 3.8) is 0 Å². The molecule has 0 unspecified atom stereocenters. The van der Waals surface area contributed by atoms with Gasteiger partial charge in [0.25, 0.3) is 5.56 Å². The van der Waals surface area contributed by atoms with Gasteiger partial charge in [0.2, 0.25) is 0 Å². The van der Waals surface area contributed by atoms with Gasteiger partial charge in [0.15, 0.2) is 11.3 Å². The van der Waals surface area contributed by atoms with Gasteiger partial charge >= 0.3 is 5.97 Å². The van der Waals surface area contributed by atoms with Gasteiger partial charge in [0.1, 0.15) is 5.75 Å². The molecule has 0 fully saturated rings. The average molecular weight is 299 g/mol. The predicted octanol–water partition coefficient (Wildman–Crippen LogP) is 1.79. The number of hydrogen-bond acceptors (Lipinski definition) is 4. The number of nitrogens with zero attached hydrogens (tertiary/aromatic N) is 2. The van der Waals surface area contributed by atoms with Crippen molar-refractivity contribution in [2.75, 3.05) is 6.61 Å². The van der Waals surface area contributed by atoms with Crippen molar-refractivity contribution in [1.82, 2.24) is 14.6 Å². The molecule has 0 saturated carbocycles. The lowest BCUT2D eigenvalue weighted by Gasteiger charge is -2.03. The van der Waals surface area contributed by atoms with Gasteiger partial charge in [-0.25, -0.2) is 14.3 Å². The number of aromatic nitrogens is 3. The number of rotatable bonds is 4. The first kappa shape index (κ1) is 13.9. The molecule has 0 amide bonds. The summed E-state index contributed by atoms with van der Waals surface area (Å²) in [6.07, 6.45) is 0. The molecule has 0 bridgehead atoms. The maximum absolute atomic E-state index is 11.9. The molecule has 112 valence electrons. The lowest BCUT2D eigenvalue weighted by Crippen LogP contribution is -2.17. The van der Waals surface area contributed by atoms with E-state index in [4.69, 9.17) is 9.84 Å². The second kappa shape index (κ2) is 5.36. The third kappa shape index (κ3) is 2.44. The summed E-state index contributed by atoms with van der Waals surface area (Å²) in [5.41, 5.74) is 1.01. The zero-order valence-electron chi connectivity index (χ0n) is 11.7. The number of benzene rings is 1. The Morgan fingerprint density at radius 1 is 1.32 bits per heavy atom. The van der Waals surface area contributed by atoms with Crippen molar-refractivity contribution in [2.24, 2.45) is 0 Å². The lowest BCUT2D eigenvalue weighted by molar-refractivity contribution is 0.0690. The summed E-state index contributed by atoms with van der Waals surface area (Å²) in [6.45, 7) is 2.49.